The lowest BCUT2D eigenvalue weighted by atomic mass is 9.91. The zero-order valence-electron chi connectivity index (χ0n) is 10.6. The fourth-order valence-electron chi connectivity index (χ4n) is 2.96. The lowest BCUT2D eigenvalue weighted by molar-refractivity contribution is -0.129. The molecule has 6 nitrogen and oxygen atoms in total. The van der Waals surface area contributed by atoms with Crippen molar-refractivity contribution in [3.63, 3.8) is 0 Å². The molecule has 2 saturated heterocycles. The molecule has 0 saturated carbocycles. The topological polar surface area (TPSA) is 93.0 Å². The highest BCUT2D eigenvalue weighted by atomic mass is 16.3. The van der Waals surface area contributed by atoms with E-state index in [1.54, 1.807) is 0 Å². The molecule has 2 aliphatic heterocycles. The fraction of sp³-hybridized carbons (Fsp3) is 0.917. The van der Waals surface area contributed by atoms with Gasteiger partial charge in [-0.15, -0.1) is 0 Å². The molecule has 2 heterocycles. The van der Waals surface area contributed by atoms with Gasteiger partial charge >= 0.3 is 0 Å². The molecule has 0 aromatic carbocycles. The molecular formula is C12H22N2O4. The van der Waals surface area contributed by atoms with Gasteiger partial charge in [0.2, 0.25) is 5.91 Å². The third kappa shape index (κ3) is 2.51. The third-order valence-corrected chi connectivity index (χ3v) is 3.89. The van der Waals surface area contributed by atoms with Crippen molar-refractivity contribution in [2.45, 2.75) is 56.6 Å². The summed E-state index contributed by atoms with van der Waals surface area (Å²) in [7, 11) is 0. The average molecular weight is 258 g/mol. The van der Waals surface area contributed by atoms with Crippen LogP contribution in [-0.2, 0) is 4.79 Å². The summed E-state index contributed by atoms with van der Waals surface area (Å²) in [6, 6.07) is -0.861. The molecule has 5 atom stereocenters. The first kappa shape index (κ1) is 13.7. The number of aliphatic hydroxyl groups excluding tert-OH is 3. The first-order valence-electron chi connectivity index (χ1n) is 6.62. The van der Waals surface area contributed by atoms with Gasteiger partial charge in [-0.25, -0.2) is 0 Å². The van der Waals surface area contributed by atoms with Crippen LogP contribution in [0.4, 0.5) is 0 Å². The molecule has 2 aliphatic rings. The Balaban J connectivity index is 2.00. The molecule has 0 aliphatic carbocycles. The quantitative estimate of drug-likeness (QED) is 0.491. The molecule has 0 bridgehead atoms. The van der Waals surface area contributed by atoms with Crippen LogP contribution >= 0.6 is 0 Å². The van der Waals surface area contributed by atoms with Gasteiger partial charge in [0.1, 0.15) is 6.10 Å². The second-order valence-corrected chi connectivity index (χ2v) is 5.25. The minimum absolute atomic E-state index is 0.105. The standard InChI is InChI=1S/C12H22N2O4/c1-2-3-9(16)13-7-6-14-5-4-8(15)10(14)12(18)11(7)17/h7-8,10-12,15,17-18H,2-6H2,1H3,(H,13,16)/t7-,8?,10?,11+,12+/m0/s1. The number of nitrogens with zero attached hydrogens (tertiary/aromatic N) is 1. The van der Waals surface area contributed by atoms with E-state index in [0.717, 1.165) is 6.42 Å². The molecule has 6 heteroatoms. The first-order valence-corrected chi connectivity index (χ1v) is 6.62. The van der Waals surface area contributed by atoms with Crippen LogP contribution in [-0.4, -0.2) is 69.6 Å². The zero-order valence-corrected chi connectivity index (χ0v) is 10.6. The maximum Gasteiger partial charge on any atom is 0.220 e. The predicted molar refractivity (Wildman–Crippen MR) is 64.8 cm³/mol. The van der Waals surface area contributed by atoms with Crippen LogP contribution in [0.1, 0.15) is 26.2 Å². The van der Waals surface area contributed by atoms with Crippen LogP contribution in [0.15, 0.2) is 0 Å². The highest BCUT2D eigenvalue weighted by Crippen LogP contribution is 2.28. The van der Waals surface area contributed by atoms with E-state index in [0.29, 0.717) is 25.9 Å². The van der Waals surface area contributed by atoms with Gasteiger partial charge in [-0.3, -0.25) is 9.69 Å². The number of fused-ring (bicyclic) bond motifs is 1. The normalized spacial score (nSPS) is 40.6. The number of hydrogen-bond acceptors (Lipinski definition) is 5. The molecule has 0 aromatic rings. The molecule has 2 fully saturated rings. The highest BCUT2D eigenvalue weighted by Gasteiger charge is 2.48. The predicted octanol–water partition coefficient (Wildman–Crippen LogP) is -1.56. The van der Waals surface area contributed by atoms with E-state index in [-0.39, 0.29) is 5.91 Å². The molecule has 1 amide bonds. The van der Waals surface area contributed by atoms with Gasteiger partial charge in [0.15, 0.2) is 0 Å². The van der Waals surface area contributed by atoms with Crippen molar-refractivity contribution < 1.29 is 20.1 Å². The second kappa shape index (κ2) is 5.52. The molecule has 18 heavy (non-hydrogen) atoms. The summed E-state index contributed by atoms with van der Waals surface area (Å²) in [5.74, 6) is -0.105. The Morgan fingerprint density at radius 1 is 1.33 bits per heavy atom. The van der Waals surface area contributed by atoms with E-state index < -0.39 is 30.4 Å². The molecule has 2 unspecified atom stereocenters. The van der Waals surface area contributed by atoms with Gasteiger partial charge in [-0.1, -0.05) is 6.92 Å². The maximum atomic E-state index is 11.5. The maximum absolute atomic E-state index is 11.5. The Morgan fingerprint density at radius 3 is 2.72 bits per heavy atom. The van der Waals surface area contributed by atoms with Crippen molar-refractivity contribution in [3.8, 4) is 0 Å². The minimum atomic E-state index is -1.01. The Hall–Kier alpha value is -0.690. The van der Waals surface area contributed by atoms with Gasteiger partial charge in [0.25, 0.3) is 0 Å². The Labute approximate surface area is 107 Å². The summed E-state index contributed by atoms with van der Waals surface area (Å²) < 4.78 is 0. The number of nitrogens with one attached hydrogen (secondary N) is 1. The van der Waals surface area contributed by atoms with Crippen molar-refractivity contribution in [2.75, 3.05) is 13.1 Å². The molecule has 4 N–H and O–H groups in total. The number of rotatable bonds is 3. The first-order chi connectivity index (χ1) is 8.54. The summed E-state index contributed by atoms with van der Waals surface area (Å²) in [5.41, 5.74) is 0. The Kier molecular flexibility index (Phi) is 4.21. The largest absolute Gasteiger partial charge is 0.391 e. The van der Waals surface area contributed by atoms with Gasteiger partial charge in [-0.2, -0.15) is 0 Å². The Bertz CT molecular complexity index is 312. The lowest BCUT2D eigenvalue weighted by Gasteiger charge is -2.43. The van der Waals surface area contributed by atoms with E-state index in [4.69, 9.17) is 0 Å². The summed E-state index contributed by atoms with van der Waals surface area (Å²) in [5, 5.41) is 32.6. The Morgan fingerprint density at radius 2 is 2.06 bits per heavy atom. The van der Waals surface area contributed by atoms with E-state index in [9.17, 15) is 20.1 Å². The van der Waals surface area contributed by atoms with Crippen LogP contribution in [0.5, 0.6) is 0 Å². The van der Waals surface area contributed by atoms with Crippen molar-refractivity contribution in [1.82, 2.24) is 10.2 Å². The van der Waals surface area contributed by atoms with Crippen LogP contribution in [0.3, 0.4) is 0 Å². The van der Waals surface area contributed by atoms with E-state index in [1.165, 1.54) is 0 Å². The lowest BCUT2D eigenvalue weighted by Crippen LogP contribution is -2.65. The number of carbonyl (C=O) groups is 1. The number of aliphatic hydroxyl groups is 3. The molecule has 2 rings (SSSR count). The van der Waals surface area contributed by atoms with Crippen molar-refractivity contribution in [1.29, 1.82) is 0 Å². The second-order valence-electron chi connectivity index (χ2n) is 5.25. The zero-order chi connectivity index (χ0) is 13.3. The molecular weight excluding hydrogens is 236 g/mol. The minimum Gasteiger partial charge on any atom is -0.391 e. The van der Waals surface area contributed by atoms with Crippen molar-refractivity contribution in [2.24, 2.45) is 0 Å². The molecule has 0 aromatic heterocycles. The summed E-state index contributed by atoms with van der Waals surface area (Å²) in [6.45, 7) is 3.09. The van der Waals surface area contributed by atoms with E-state index in [2.05, 4.69) is 5.32 Å². The highest BCUT2D eigenvalue weighted by molar-refractivity contribution is 5.76. The van der Waals surface area contributed by atoms with Crippen molar-refractivity contribution >= 4 is 5.91 Å². The molecule has 0 radical (unpaired) electrons. The summed E-state index contributed by atoms with van der Waals surface area (Å²) >= 11 is 0. The van der Waals surface area contributed by atoms with Gasteiger partial charge < -0.3 is 20.6 Å². The number of hydrogen-bond donors (Lipinski definition) is 4. The monoisotopic (exact) mass is 258 g/mol. The van der Waals surface area contributed by atoms with Crippen LogP contribution in [0.2, 0.25) is 0 Å². The SMILES string of the molecule is CCCC(=O)N[C@H]1CN2CCC(O)C2[C@@H](O)[C@@H]1O. The fourth-order valence-corrected chi connectivity index (χ4v) is 2.96. The van der Waals surface area contributed by atoms with Crippen molar-refractivity contribution in [3.05, 3.63) is 0 Å². The smallest absolute Gasteiger partial charge is 0.220 e. The average Bonchev–Trinajstić information content (AvgIpc) is 2.67. The van der Waals surface area contributed by atoms with E-state index >= 15 is 0 Å². The van der Waals surface area contributed by atoms with E-state index in [1.807, 2.05) is 11.8 Å². The summed E-state index contributed by atoms with van der Waals surface area (Å²) in [6.07, 6.45) is -0.845. The van der Waals surface area contributed by atoms with Gasteiger partial charge in [-0.05, 0) is 12.8 Å². The third-order valence-electron chi connectivity index (χ3n) is 3.89. The van der Waals surface area contributed by atoms with Crippen LogP contribution in [0.25, 0.3) is 0 Å². The molecule has 104 valence electrons. The summed E-state index contributed by atoms with van der Waals surface area (Å²) in [4.78, 5) is 13.5. The van der Waals surface area contributed by atoms with Crippen LogP contribution < -0.4 is 5.32 Å². The van der Waals surface area contributed by atoms with Gasteiger partial charge in [0.05, 0.1) is 24.3 Å². The van der Waals surface area contributed by atoms with Gasteiger partial charge in [0, 0.05) is 19.5 Å². The number of carbonyl (C=O) groups excluding carboxylic acids is 1. The molecule has 0 spiro atoms. The van der Waals surface area contributed by atoms with Crippen LogP contribution in [0, 0.1) is 0 Å². The number of amides is 1. The number of piperidine rings is 1.